The largest absolute Gasteiger partial charge is 0.522 e. The Bertz CT molecular complexity index is 1780. The van der Waals surface area contributed by atoms with Crippen molar-refractivity contribution >= 4 is 77.4 Å². The van der Waals surface area contributed by atoms with Gasteiger partial charge >= 0.3 is 7.12 Å². The van der Waals surface area contributed by atoms with Crippen LogP contribution in [-0.2, 0) is 4.81 Å². The van der Waals surface area contributed by atoms with E-state index in [0.29, 0.717) is 17.3 Å². The number of nitrogens with zero attached hydrogens (tertiary/aromatic N) is 1. The minimum Gasteiger partial charge on any atom is -0.422 e. The predicted molar refractivity (Wildman–Crippen MR) is 181 cm³/mol. The highest BCUT2D eigenvalue weighted by atomic mass is 79.9. The zero-order chi connectivity index (χ0) is 28.1. The zero-order valence-electron chi connectivity index (χ0n) is 22.3. The SMILES string of the molecule is Brc1ccc(C2=Nc3c(c4ccc(Br)cc4c4ccccc34)C3C4CCC(C4)C23)cc1.C.OOB(O)c1ccccc1. The summed E-state index contributed by atoms with van der Waals surface area (Å²) in [6, 6.07) is 33.1. The summed E-state index contributed by atoms with van der Waals surface area (Å²) in [5.74, 6) is 2.67. The van der Waals surface area contributed by atoms with Gasteiger partial charge in [-0.15, -0.1) is 0 Å². The first-order valence-corrected chi connectivity index (χ1v) is 15.6. The van der Waals surface area contributed by atoms with Crippen molar-refractivity contribution in [2.24, 2.45) is 22.7 Å². The third-order valence-electron chi connectivity index (χ3n) is 9.12. The molecule has 0 radical (unpaired) electrons. The van der Waals surface area contributed by atoms with Gasteiger partial charge in [-0.2, -0.15) is 0 Å². The minimum absolute atomic E-state index is 0. The highest BCUT2D eigenvalue weighted by Gasteiger charge is 2.53. The standard InChI is InChI=1S/C28H21Br2N.C6H7BO3.CH4/c29-18-9-7-15(8-10-18)27-25-17-6-5-16(13-17)24(25)26-21-12-11-19(30)14-23(21)20-3-1-2-4-22(20)28(26)31-27;8-7(10-9)6-4-2-1-3-5-6;/h1-4,7-12,14,16-17,24-25H,5-6,13H2;1-5,8-9H;1H4. The summed E-state index contributed by atoms with van der Waals surface area (Å²) in [4.78, 5) is 9.19. The van der Waals surface area contributed by atoms with Crippen LogP contribution in [0.2, 0.25) is 0 Å². The van der Waals surface area contributed by atoms with Gasteiger partial charge in [0.05, 0.1) is 11.4 Å². The highest BCUT2D eigenvalue weighted by molar-refractivity contribution is 9.10. The lowest BCUT2D eigenvalue weighted by Gasteiger charge is -2.38. The number of rotatable bonds is 3. The van der Waals surface area contributed by atoms with Crippen LogP contribution >= 0.6 is 31.9 Å². The molecule has 2 saturated carbocycles. The Balaban J connectivity index is 0.000000247. The Morgan fingerprint density at radius 3 is 2.07 bits per heavy atom. The lowest BCUT2D eigenvalue weighted by atomic mass is 9.68. The average Bonchev–Trinajstić information content (AvgIpc) is 3.65. The van der Waals surface area contributed by atoms with Crippen molar-refractivity contribution in [2.45, 2.75) is 32.6 Å². The van der Waals surface area contributed by atoms with E-state index in [-0.39, 0.29) is 7.43 Å². The van der Waals surface area contributed by atoms with E-state index in [2.05, 4.69) is 103 Å². The van der Waals surface area contributed by atoms with Gasteiger partial charge in [-0.3, -0.25) is 15.1 Å². The van der Waals surface area contributed by atoms with Crippen LogP contribution < -0.4 is 5.46 Å². The smallest absolute Gasteiger partial charge is 0.422 e. The molecule has 1 heterocycles. The van der Waals surface area contributed by atoms with E-state index in [9.17, 15) is 0 Å². The number of hydrogen-bond donors (Lipinski definition) is 2. The van der Waals surface area contributed by atoms with Gasteiger partial charge in [0, 0.05) is 20.2 Å². The first-order valence-electron chi connectivity index (χ1n) is 14.0. The summed E-state index contributed by atoms with van der Waals surface area (Å²) in [7, 11) is -1.24. The van der Waals surface area contributed by atoms with Gasteiger partial charge in [0.15, 0.2) is 0 Å². The number of halogens is 2. The maximum absolute atomic E-state index is 8.86. The van der Waals surface area contributed by atoms with Crippen molar-refractivity contribution in [3.8, 4) is 0 Å². The Labute approximate surface area is 263 Å². The molecular formula is C35H32BBr2NO3. The summed E-state index contributed by atoms with van der Waals surface area (Å²) in [5.41, 5.74) is 5.87. The topological polar surface area (TPSA) is 62.1 Å². The van der Waals surface area contributed by atoms with Crippen molar-refractivity contribution in [3.63, 3.8) is 0 Å². The molecule has 8 rings (SSSR count). The number of hydrogen-bond acceptors (Lipinski definition) is 4. The maximum Gasteiger partial charge on any atom is 0.522 e. The molecule has 5 aromatic rings. The van der Waals surface area contributed by atoms with Crippen molar-refractivity contribution in [3.05, 3.63) is 117 Å². The number of fused-ring (bicyclic) bond motifs is 12. The molecule has 2 aliphatic carbocycles. The molecule has 212 valence electrons. The van der Waals surface area contributed by atoms with Crippen LogP contribution in [0.1, 0.15) is 43.7 Å². The third-order valence-corrected chi connectivity index (χ3v) is 10.1. The lowest BCUT2D eigenvalue weighted by Crippen LogP contribution is -2.32. The Hall–Kier alpha value is -2.81. The van der Waals surface area contributed by atoms with Gasteiger partial charge in [0.2, 0.25) is 0 Å². The quantitative estimate of drug-likeness (QED) is 0.0862. The molecule has 1 aliphatic heterocycles. The molecule has 42 heavy (non-hydrogen) atoms. The Kier molecular flexibility index (Phi) is 8.41. The van der Waals surface area contributed by atoms with Gasteiger partial charge in [-0.25, -0.2) is 0 Å². The van der Waals surface area contributed by atoms with E-state index < -0.39 is 7.12 Å². The fourth-order valence-electron chi connectivity index (χ4n) is 7.48. The van der Waals surface area contributed by atoms with Crippen molar-refractivity contribution in [1.29, 1.82) is 0 Å². The predicted octanol–water partition coefficient (Wildman–Crippen LogP) is 9.28. The number of aliphatic imine (C=N–C) groups is 1. The first kappa shape index (κ1) is 29.3. The van der Waals surface area contributed by atoms with Gasteiger partial charge in [0.1, 0.15) is 0 Å². The van der Waals surface area contributed by atoms with Crippen molar-refractivity contribution < 1.29 is 15.1 Å². The monoisotopic (exact) mass is 683 g/mol. The fraction of sp³-hybridized carbons (Fsp3) is 0.229. The molecule has 4 unspecified atom stereocenters. The minimum atomic E-state index is -1.24. The van der Waals surface area contributed by atoms with Crippen LogP contribution in [0.25, 0.3) is 21.5 Å². The van der Waals surface area contributed by atoms with E-state index in [1.165, 1.54) is 63.3 Å². The first-order chi connectivity index (χ1) is 20.0. The second-order valence-corrected chi connectivity index (χ2v) is 13.1. The molecule has 7 heteroatoms. The molecule has 0 aromatic heterocycles. The molecule has 4 nitrogen and oxygen atoms in total. The van der Waals surface area contributed by atoms with Crippen LogP contribution in [0.5, 0.6) is 0 Å². The van der Waals surface area contributed by atoms with Crippen molar-refractivity contribution in [1.82, 2.24) is 0 Å². The van der Waals surface area contributed by atoms with E-state index >= 15 is 0 Å². The molecular weight excluding hydrogens is 653 g/mol. The fourth-order valence-corrected chi connectivity index (χ4v) is 8.11. The summed E-state index contributed by atoms with van der Waals surface area (Å²) in [6.07, 6.45) is 4.08. The normalized spacial score (nSPS) is 21.6. The Morgan fingerprint density at radius 2 is 1.36 bits per heavy atom. The molecule has 0 amide bonds. The van der Waals surface area contributed by atoms with Crippen LogP contribution in [0.4, 0.5) is 5.69 Å². The summed E-state index contributed by atoms with van der Waals surface area (Å²) in [5, 5.41) is 22.2. The van der Waals surface area contributed by atoms with Gasteiger partial charge in [0.25, 0.3) is 0 Å². The van der Waals surface area contributed by atoms with E-state index in [0.717, 1.165) is 20.8 Å². The molecule has 2 N–H and O–H groups in total. The summed E-state index contributed by atoms with van der Waals surface area (Å²) < 4.78 is 2.27. The van der Waals surface area contributed by atoms with Gasteiger partial charge in [-0.1, -0.05) is 112 Å². The van der Waals surface area contributed by atoms with E-state index in [1.807, 2.05) is 6.07 Å². The van der Waals surface area contributed by atoms with Crippen molar-refractivity contribution in [2.75, 3.05) is 0 Å². The molecule has 0 spiro atoms. The summed E-state index contributed by atoms with van der Waals surface area (Å²) >= 11 is 7.32. The number of benzene rings is 5. The molecule has 4 atom stereocenters. The zero-order valence-corrected chi connectivity index (χ0v) is 25.4. The molecule has 2 fully saturated rings. The van der Waals surface area contributed by atoms with E-state index in [1.54, 1.807) is 24.3 Å². The molecule has 5 aromatic carbocycles. The van der Waals surface area contributed by atoms with E-state index in [4.69, 9.17) is 15.3 Å². The van der Waals surface area contributed by atoms with Crippen LogP contribution in [0.3, 0.4) is 0 Å². The summed E-state index contributed by atoms with van der Waals surface area (Å²) in [6.45, 7) is 0. The molecule has 3 aliphatic rings. The second-order valence-electron chi connectivity index (χ2n) is 11.3. The van der Waals surface area contributed by atoms with Crippen LogP contribution in [-0.4, -0.2) is 23.1 Å². The van der Waals surface area contributed by atoms with Gasteiger partial charge < -0.3 is 5.02 Å². The molecule has 0 saturated heterocycles. The average molecular weight is 685 g/mol. The van der Waals surface area contributed by atoms with Gasteiger partial charge in [-0.05, 0) is 94.0 Å². The van der Waals surface area contributed by atoms with Crippen LogP contribution in [0.15, 0.2) is 111 Å². The Morgan fingerprint density at radius 1 is 0.714 bits per heavy atom. The second kappa shape index (κ2) is 12.1. The highest BCUT2D eigenvalue weighted by Crippen LogP contribution is 2.63. The van der Waals surface area contributed by atoms with Crippen LogP contribution in [0, 0.1) is 17.8 Å². The lowest BCUT2D eigenvalue weighted by molar-refractivity contribution is -0.154. The third kappa shape index (κ3) is 5.05. The molecule has 2 bridgehead atoms. The maximum atomic E-state index is 8.86.